The molecule has 0 unspecified atom stereocenters. The van der Waals surface area contributed by atoms with Gasteiger partial charge >= 0.3 is 5.69 Å². The van der Waals surface area contributed by atoms with E-state index in [-0.39, 0.29) is 34.3 Å². The van der Waals surface area contributed by atoms with Crippen molar-refractivity contribution in [2.45, 2.75) is 18.6 Å². The molecule has 0 saturated carbocycles. The largest absolute Gasteiger partial charge is 0.448 e. The summed E-state index contributed by atoms with van der Waals surface area (Å²) in [6.45, 7) is 0.705. The van der Waals surface area contributed by atoms with Gasteiger partial charge in [0.25, 0.3) is 0 Å². The summed E-state index contributed by atoms with van der Waals surface area (Å²) in [7, 11) is -3.65. The molecule has 2 aliphatic rings. The lowest BCUT2D eigenvalue weighted by Gasteiger charge is -2.29. The third kappa shape index (κ3) is 4.98. The molecule has 174 valence electrons. The maximum atomic E-state index is 12.4. The average Bonchev–Trinajstić information content (AvgIpc) is 2.80. The molecule has 0 bridgehead atoms. The lowest BCUT2D eigenvalue weighted by Crippen LogP contribution is -2.36. The van der Waals surface area contributed by atoms with Crippen molar-refractivity contribution < 1.29 is 22.5 Å². The van der Waals surface area contributed by atoms with E-state index in [1.165, 1.54) is 6.07 Å². The molecule has 0 radical (unpaired) electrons. The van der Waals surface area contributed by atoms with Crippen LogP contribution in [0.3, 0.4) is 0 Å². The third-order valence-corrected chi connectivity index (χ3v) is 7.25. The normalized spacial score (nSPS) is 15.0. The number of hydrogen-bond donors (Lipinski definition) is 0. The maximum absolute atomic E-state index is 12.4. The van der Waals surface area contributed by atoms with Crippen molar-refractivity contribution in [3.05, 3.63) is 56.6 Å². The van der Waals surface area contributed by atoms with Gasteiger partial charge in [-0.15, -0.1) is 0 Å². The second-order valence-corrected chi connectivity index (χ2v) is 10.1. The van der Waals surface area contributed by atoms with E-state index in [9.17, 15) is 22.9 Å². The summed E-state index contributed by atoms with van der Waals surface area (Å²) in [5.41, 5.74) is 1.14. The number of halogens is 2. The first kappa shape index (κ1) is 23.1. The van der Waals surface area contributed by atoms with Crippen LogP contribution in [0.1, 0.15) is 24.0 Å². The Morgan fingerprint density at radius 1 is 1.27 bits per heavy atom. The zero-order chi connectivity index (χ0) is 23.6. The number of hydrogen-bond acceptors (Lipinski definition) is 8. The van der Waals surface area contributed by atoms with Gasteiger partial charge in [-0.25, -0.2) is 13.4 Å². The van der Waals surface area contributed by atoms with Gasteiger partial charge in [0.2, 0.25) is 5.75 Å². The highest BCUT2D eigenvalue weighted by Crippen LogP contribution is 2.42. The molecule has 0 saturated heterocycles. The van der Waals surface area contributed by atoms with Crippen LogP contribution in [0, 0.1) is 10.1 Å². The van der Waals surface area contributed by atoms with E-state index in [2.05, 4.69) is 9.98 Å². The Bertz CT molecular complexity index is 1270. The minimum Gasteiger partial charge on any atom is -0.448 e. The van der Waals surface area contributed by atoms with Crippen molar-refractivity contribution in [3.63, 3.8) is 0 Å². The summed E-state index contributed by atoms with van der Waals surface area (Å²) in [4.78, 5) is 21.8. The predicted octanol–water partition coefficient (Wildman–Crippen LogP) is 4.44. The molecule has 0 aliphatic carbocycles. The van der Waals surface area contributed by atoms with E-state index in [0.29, 0.717) is 12.2 Å². The fourth-order valence-corrected chi connectivity index (χ4v) is 5.37. The highest BCUT2D eigenvalue weighted by Gasteiger charge is 2.27. The third-order valence-electron chi connectivity index (χ3n) is 5.17. The Morgan fingerprint density at radius 2 is 2.09 bits per heavy atom. The van der Waals surface area contributed by atoms with Crippen LogP contribution in [-0.4, -0.2) is 55.9 Å². The molecule has 0 spiro atoms. The second-order valence-electron chi connectivity index (χ2n) is 7.56. The molecule has 0 N–H and O–H groups in total. The molecule has 2 heterocycles. The molecule has 12 heteroatoms. The molecule has 2 aromatic rings. The maximum Gasteiger partial charge on any atom is 0.313 e. The molecule has 2 aliphatic heterocycles. The zero-order valence-electron chi connectivity index (χ0n) is 17.4. The summed E-state index contributed by atoms with van der Waals surface area (Å²) in [5.74, 6) is -0.0879. The van der Waals surface area contributed by atoms with Crippen LogP contribution in [0.2, 0.25) is 5.02 Å². The fourth-order valence-electron chi connectivity index (χ4n) is 3.62. The van der Waals surface area contributed by atoms with Gasteiger partial charge < -0.3 is 9.64 Å². The number of benzene rings is 2. The SMILES string of the molecule is O=[N+]([O-])c1ccc(CS(=O)(=O)CCCF)c(Cl)c1Oc1ccc2c(c1)C1=NCCCN1C=N2. The summed E-state index contributed by atoms with van der Waals surface area (Å²) >= 11 is 6.38. The minimum atomic E-state index is -3.65. The molecule has 0 aromatic heterocycles. The number of rotatable bonds is 8. The first-order valence-electron chi connectivity index (χ1n) is 10.2. The monoisotopic (exact) mass is 494 g/mol. The standard InChI is InChI=1S/C21H20ClFN4O5S/c22-19-14(12-33(30,31)10-1-7-23)3-6-18(27(28)29)20(19)32-15-4-5-17-16(11-15)21-24-8-2-9-26(21)13-25-17/h3-6,11,13H,1-2,7-10,12H2. The van der Waals surface area contributed by atoms with Crippen molar-refractivity contribution in [1.29, 1.82) is 0 Å². The summed E-state index contributed by atoms with van der Waals surface area (Å²) in [6, 6.07) is 7.40. The van der Waals surface area contributed by atoms with Crippen molar-refractivity contribution in [2.75, 3.05) is 25.5 Å². The highest BCUT2D eigenvalue weighted by molar-refractivity contribution is 7.90. The molecule has 9 nitrogen and oxygen atoms in total. The lowest BCUT2D eigenvalue weighted by molar-refractivity contribution is -0.385. The number of nitrogens with zero attached hydrogens (tertiary/aromatic N) is 4. The van der Waals surface area contributed by atoms with Gasteiger partial charge in [0.15, 0.2) is 9.84 Å². The van der Waals surface area contributed by atoms with Crippen LogP contribution in [0.25, 0.3) is 0 Å². The van der Waals surface area contributed by atoms with E-state index >= 15 is 0 Å². The molecule has 0 fully saturated rings. The Labute approximate surface area is 194 Å². The van der Waals surface area contributed by atoms with E-state index in [4.69, 9.17) is 16.3 Å². The van der Waals surface area contributed by atoms with E-state index in [1.807, 2.05) is 4.90 Å². The fraction of sp³-hybridized carbons (Fsp3) is 0.333. The zero-order valence-corrected chi connectivity index (χ0v) is 19.0. The van der Waals surface area contributed by atoms with Gasteiger partial charge in [-0.05, 0) is 42.7 Å². The average molecular weight is 495 g/mol. The lowest BCUT2D eigenvalue weighted by atomic mass is 10.1. The predicted molar refractivity (Wildman–Crippen MR) is 124 cm³/mol. The Morgan fingerprint density at radius 3 is 2.85 bits per heavy atom. The summed E-state index contributed by atoms with van der Waals surface area (Å²) in [6.07, 6.45) is 2.49. The first-order valence-corrected chi connectivity index (χ1v) is 12.4. The van der Waals surface area contributed by atoms with Crippen molar-refractivity contribution >= 4 is 45.0 Å². The molecular weight excluding hydrogens is 475 g/mol. The van der Waals surface area contributed by atoms with Crippen molar-refractivity contribution in [1.82, 2.24) is 4.90 Å². The number of nitro benzene ring substituents is 1. The molecular formula is C21H20ClFN4O5S. The second kappa shape index (κ2) is 9.44. The van der Waals surface area contributed by atoms with Gasteiger partial charge in [0.1, 0.15) is 11.6 Å². The number of nitro groups is 1. The Balaban J connectivity index is 1.70. The number of amidine groups is 1. The van der Waals surface area contributed by atoms with Crippen LogP contribution in [0.5, 0.6) is 11.5 Å². The minimum absolute atomic E-state index is 0.130. The van der Waals surface area contributed by atoms with E-state index < -0.39 is 32.9 Å². The smallest absolute Gasteiger partial charge is 0.313 e. The number of alkyl halides is 1. The molecule has 0 amide bonds. The molecule has 33 heavy (non-hydrogen) atoms. The van der Waals surface area contributed by atoms with Crippen LogP contribution in [0.15, 0.2) is 40.3 Å². The number of ether oxygens (including phenoxy) is 1. The van der Waals surface area contributed by atoms with Gasteiger partial charge in [-0.2, -0.15) is 0 Å². The van der Waals surface area contributed by atoms with Gasteiger partial charge in [0.05, 0.1) is 40.2 Å². The summed E-state index contributed by atoms with van der Waals surface area (Å²) in [5, 5.41) is 11.4. The van der Waals surface area contributed by atoms with Crippen molar-refractivity contribution in [2.24, 2.45) is 9.98 Å². The number of fused-ring (bicyclic) bond motifs is 3. The van der Waals surface area contributed by atoms with Crippen LogP contribution in [0.4, 0.5) is 15.8 Å². The van der Waals surface area contributed by atoms with E-state index in [1.54, 1.807) is 24.5 Å². The Hall–Kier alpha value is -3.05. The van der Waals surface area contributed by atoms with Crippen LogP contribution < -0.4 is 4.74 Å². The summed E-state index contributed by atoms with van der Waals surface area (Å²) < 4.78 is 42.8. The highest BCUT2D eigenvalue weighted by atomic mass is 35.5. The first-order chi connectivity index (χ1) is 15.8. The van der Waals surface area contributed by atoms with Crippen LogP contribution >= 0.6 is 11.6 Å². The topological polar surface area (TPSA) is 114 Å². The molecule has 2 aromatic carbocycles. The van der Waals surface area contributed by atoms with E-state index in [0.717, 1.165) is 30.4 Å². The van der Waals surface area contributed by atoms with Gasteiger partial charge in [0, 0.05) is 24.7 Å². The molecule has 0 atom stereocenters. The number of sulfone groups is 1. The van der Waals surface area contributed by atoms with Crippen molar-refractivity contribution in [3.8, 4) is 11.5 Å². The molecule has 4 rings (SSSR count). The van der Waals surface area contributed by atoms with Gasteiger partial charge in [-0.1, -0.05) is 11.6 Å². The quantitative estimate of drug-likeness (QED) is 0.396. The van der Waals surface area contributed by atoms with Gasteiger partial charge in [-0.3, -0.25) is 19.5 Å². The number of aliphatic imine (C=N–C) groups is 2. The van der Waals surface area contributed by atoms with Crippen LogP contribution in [-0.2, 0) is 15.6 Å². The Kier molecular flexibility index (Phi) is 6.61.